The molecule has 3 rings (SSSR count). The van der Waals surface area contributed by atoms with Crippen LogP contribution in [0.1, 0.15) is 28.8 Å². The van der Waals surface area contributed by atoms with Gasteiger partial charge in [-0.15, -0.1) is 0 Å². The number of carbonyl (C=O) groups excluding carboxylic acids is 2. The van der Waals surface area contributed by atoms with E-state index in [1.807, 2.05) is 6.07 Å². The minimum absolute atomic E-state index is 0.123. The zero-order valence-electron chi connectivity index (χ0n) is 16.3. The van der Waals surface area contributed by atoms with Gasteiger partial charge in [0.15, 0.2) is 11.5 Å². The monoisotopic (exact) mass is 384 g/mol. The molecule has 0 unspecified atom stereocenters. The topological polar surface area (TPSA) is 77.1 Å². The second-order valence-electron chi connectivity index (χ2n) is 6.37. The third-order valence-electron chi connectivity index (χ3n) is 4.74. The highest BCUT2D eigenvalue weighted by molar-refractivity contribution is 5.97. The SMILES string of the molecule is COc1ccc(CNC(=O)c2ccc(N3CCCC3=O)cc2)c(OC)c1OC. The molecule has 28 heavy (non-hydrogen) atoms. The average molecular weight is 384 g/mol. The van der Waals surface area contributed by atoms with Crippen molar-refractivity contribution in [1.29, 1.82) is 0 Å². The summed E-state index contributed by atoms with van der Waals surface area (Å²) in [7, 11) is 4.63. The maximum absolute atomic E-state index is 12.5. The zero-order chi connectivity index (χ0) is 20.1. The van der Waals surface area contributed by atoms with Crippen molar-refractivity contribution in [2.45, 2.75) is 19.4 Å². The Hall–Kier alpha value is -3.22. The largest absolute Gasteiger partial charge is 0.493 e. The van der Waals surface area contributed by atoms with E-state index in [9.17, 15) is 9.59 Å². The number of hydrogen-bond donors (Lipinski definition) is 1. The van der Waals surface area contributed by atoms with Gasteiger partial charge in [-0.2, -0.15) is 0 Å². The lowest BCUT2D eigenvalue weighted by Gasteiger charge is -2.17. The Morgan fingerprint density at radius 2 is 1.71 bits per heavy atom. The first-order valence-electron chi connectivity index (χ1n) is 9.05. The lowest BCUT2D eigenvalue weighted by molar-refractivity contribution is -0.117. The second kappa shape index (κ2) is 8.65. The zero-order valence-corrected chi connectivity index (χ0v) is 16.3. The van der Waals surface area contributed by atoms with Gasteiger partial charge in [0.05, 0.1) is 21.3 Å². The quantitative estimate of drug-likeness (QED) is 0.794. The van der Waals surface area contributed by atoms with E-state index in [0.717, 1.165) is 24.2 Å². The van der Waals surface area contributed by atoms with E-state index in [1.165, 1.54) is 7.11 Å². The average Bonchev–Trinajstić information content (AvgIpc) is 3.16. The summed E-state index contributed by atoms with van der Waals surface area (Å²) in [5, 5.41) is 2.88. The summed E-state index contributed by atoms with van der Waals surface area (Å²) in [5.41, 5.74) is 2.11. The first kappa shape index (κ1) is 19.5. The standard InChI is InChI=1S/C21H24N2O5/c1-26-17-11-8-15(19(27-2)20(17)28-3)13-22-21(25)14-6-9-16(10-7-14)23-12-4-5-18(23)24/h6-11H,4-5,12-13H2,1-3H3,(H,22,25). The summed E-state index contributed by atoms with van der Waals surface area (Å²) >= 11 is 0. The minimum atomic E-state index is -0.212. The lowest BCUT2D eigenvalue weighted by Crippen LogP contribution is -2.25. The minimum Gasteiger partial charge on any atom is -0.493 e. The number of nitrogens with one attached hydrogen (secondary N) is 1. The van der Waals surface area contributed by atoms with E-state index < -0.39 is 0 Å². The summed E-state index contributed by atoms with van der Waals surface area (Å²) in [6, 6.07) is 10.6. The molecule has 0 radical (unpaired) electrons. The van der Waals surface area contributed by atoms with Crippen molar-refractivity contribution in [3.05, 3.63) is 47.5 Å². The van der Waals surface area contributed by atoms with Crippen LogP contribution in [0.2, 0.25) is 0 Å². The maximum atomic E-state index is 12.5. The van der Waals surface area contributed by atoms with Gasteiger partial charge in [0, 0.05) is 36.3 Å². The maximum Gasteiger partial charge on any atom is 0.251 e. The third-order valence-corrected chi connectivity index (χ3v) is 4.74. The van der Waals surface area contributed by atoms with Crippen molar-refractivity contribution in [2.75, 3.05) is 32.8 Å². The van der Waals surface area contributed by atoms with Crippen molar-refractivity contribution in [1.82, 2.24) is 5.32 Å². The molecule has 2 amide bonds. The Balaban J connectivity index is 1.69. The predicted molar refractivity (Wildman–Crippen MR) is 105 cm³/mol. The summed E-state index contributed by atoms with van der Waals surface area (Å²) in [6.45, 7) is 0.998. The number of rotatable bonds is 7. The number of ether oxygens (including phenoxy) is 3. The number of nitrogens with zero attached hydrogens (tertiary/aromatic N) is 1. The Labute approximate surface area is 164 Å². The molecule has 0 saturated carbocycles. The van der Waals surface area contributed by atoms with E-state index in [-0.39, 0.29) is 18.4 Å². The van der Waals surface area contributed by atoms with Crippen molar-refractivity contribution < 1.29 is 23.8 Å². The van der Waals surface area contributed by atoms with Crippen molar-refractivity contribution in [3.8, 4) is 17.2 Å². The Morgan fingerprint density at radius 3 is 2.29 bits per heavy atom. The molecule has 2 aromatic rings. The Morgan fingerprint density at radius 1 is 1.00 bits per heavy atom. The molecule has 1 heterocycles. The van der Waals surface area contributed by atoms with Crippen LogP contribution in [-0.4, -0.2) is 39.7 Å². The van der Waals surface area contributed by atoms with E-state index >= 15 is 0 Å². The number of hydrogen-bond acceptors (Lipinski definition) is 5. The summed E-state index contributed by atoms with van der Waals surface area (Å²) in [5.74, 6) is 1.47. The molecule has 0 aliphatic carbocycles. The molecule has 0 aromatic heterocycles. The summed E-state index contributed by atoms with van der Waals surface area (Å²) < 4.78 is 16.1. The van der Waals surface area contributed by atoms with Gasteiger partial charge in [-0.05, 0) is 42.8 Å². The van der Waals surface area contributed by atoms with Gasteiger partial charge in [-0.25, -0.2) is 0 Å². The van der Waals surface area contributed by atoms with Gasteiger partial charge < -0.3 is 24.4 Å². The molecule has 1 saturated heterocycles. The predicted octanol–water partition coefficient (Wildman–Crippen LogP) is 2.77. The van der Waals surface area contributed by atoms with Crippen LogP contribution in [0.3, 0.4) is 0 Å². The molecule has 1 aliphatic heterocycles. The first-order valence-corrected chi connectivity index (χ1v) is 9.05. The lowest BCUT2D eigenvalue weighted by atomic mass is 10.1. The van der Waals surface area contributed by atoms with Gasteiger partial charge in [-0.3, -0.25) is 9.59 Å². The Kier molecular flexibility index (Phi) is 6.03. The second-order valence-corrected chi connectivity index (χ2v) is 6.37. The van der Waals surface area contributed by atoms with Gasteiger partial charge in [-0.1, -0.05) is 0 Å². The van der Waals surface area contributed by atoms with E-state index in [1.54, 1.807) is 49.5 Å². The number of methoxy groups -OCH3 is 3. The summed E-state index contributed by atoms with van der Waals surface area (Å²) in [6.07, 6.45) is 1.45. The third kappa shape index (κ3) is 3.88. The normalized spacial score (nSPS) is 13.4. The molecule has 1 aliphatic rings. The molecule has 7 heteroatoms. The highest BCUT2D eigenvalue weighted by Gasteiger charge is 2.22. The molecule has 7 nitrogen and oxygen atoms in total. The van der Waals surface area contributed by atoms with Crippen LogP contribution in [0.25, 0.3) is 0 Å². The molecule has 1 fully saturated rings. The van der Waals surface area contributed by atoms with Crippen LogP contribution >= 0.6 is 0 Å². The Bertz CT molecular complexity index is 864. The smallest absolute Gasteiger partial charge is 0.251 e. The highest BCUT2D eigenvalue weighted by Crippen LogP contribution is 2.39. The van der Waals surface area contributed by atoms with Crippen molar-refractivity contribution >= 4 is 17.5 Å². The molecule has 148 valence electrons. The molecule has 1 N–H and O–H groups in total. The fraction of sp³-hybridized carbons (Fsp3) is 0.333. The van der Waals surface area contributed by atoms with Crippen molar-refractivity contribution in [3.63, 3.8) is 0 Å². The van der Waals surface area contributed by atoms with E-state index in [4.69, 9.17) is 14.2 Å². The first-order chi connectivity index (χ1) is 13.6. The number of carbonyl (C=O) groups is 2. The molecule has 0 atom stereocenters. The van der Waals surface area contributed by atoms with Crippen LogP contribution in [-0.2, 0) is 11.3 Å². The van der Waals surface area contributed by atoms with Crippen LogP contribution in [0.4, 0.5) is 5.69 Å². The van der Waals surface area contributed by atoms with E-state index in [0.29, 0.717) is 29.2 Å². The number of benzene rings is 2. The molecular weight excluding hydrogens is 360 g/mol. The van der Waals surface area contributed by atoms with Gasteiger partial charge >= 0.3 is 0 Å². The highest BCUT2D eigenvalue weighted by atomic mass is 16.5. The van der Waals surface area contributed by atoms with Crippen molar-refractivity contribution in [2.24, 2.45) is 0 Å². The van der Waals surface area contributed by atoms with Crippen LogP contribution < -0.4 is 24.4 Å². The summed E-state index contributed by atoms with van der Waals surface area (Å²) in [4.78, 5) is 26.1. The molecule has 0 bridgehead atoms. The number of amides is 2. The van der Waals surface area contributed by atoms with Gasteiger partial charge in [0.1, 0.15) is 0 Å². The fourth-order valence-corrected chi connectivity index (χ4v) is 3.29. The van der Waals surface area contributed by atoms with Crippen LogP contribution in [0, 0.1) is 0 Å². The fourth-order valence-electron chi connectivity index (χ4n) is 3.29. The van der Waals surface area contributed by atoms with Gasteiger partial charge in [0.2, 0.25) is 11.7 Å². The molecule has 0 spiro atoms. The molecule has 2 aromatic carbocycles. The number of anilines is 1. The van der Waals surface area contributed by atoms with Crippen LogP contribution in [0.15, 0.2) is 36.4 Å². The molecular formula is C21H24N2O5. The van der Waals surface area contributed by atoms with Gasteiger partial charge in [0.25, 0.3) is 5.91 Å². The van der Waals surface area contributed by atoms with E-state index in [2.05, 4.69) is 5.32 Å². The van der Waals surface area contributed by atoms with Crippen LogP contribution in [0.5, 0.6) is 17.2 Å².